The molecule has 22 heavy (non-hydrogen) atoms. The third kappa shape index (κ3) is 2.03. The normalized spacial score (nSPS) is 36.0. The lowest BCUT2D eigenvalue weighted by atomic mass is 9.92. The zero-order valence-corrected chi connectivity index (χ0v) is 12.3. The zero-order valence-electron chi connectivity index (χ0n) is 12.3. The van der Waals surface area contributed by atoms with Gasteiger partial charge in [0.05, 0.1) is 12.6 Å². The van der Waals surface area contributed by atoms with Crippen molar-refractivity contribution in [1.82, 2.24) is 4.90 Å². The third-order valence-corrected chi connectivity index (χ3v) is 4.51. The van der Waals surface area contributed by atoms with Crippen LogP contribution in [0.1, 0.15) is 12.0 Å². The van der Waals surface area contributed by atoms with Crippen molar-refractivity contribution in [2.45, 2.75) is 30.5 Å². The van der Waals surface area contributed by atoms with E-state index in [2.05, 4.69) is 11.8 Å². The standard InChI is InChI=1S/C17H17NO4/c1-20-15-14-13-11-21-17(22-13,9-10-18(14)16(15)19)8-7-12-5-3-2-4-6-12/h2-6,13-15H,9-11H2,1H3/t13-,14+,15-,17-/m1/s1. The van der Waals surface area contributed by atoms with Crippen molar-refractivity contribution in [3.8, 4) is 11.8 Å². The second kappa shape index (κ2) is 5.10. The molecule has 5 heteroatoms. The van der Waals surface area contributed by atoms with E-state index in [4.69, 9.17) is 14.2 Å². The van der Waals surface area contributed by atoms with E-state index in [1.54, 1.807) is 7.11 Å². The first-order valence-corrected chi connectivity index (χ1v) is 7.46. The lowest BCUT2D eigenvalue weighted by molar-refractivity contribution is -0.178. The van der Waals surface area contributed by atoms with E-state index < -0.39 is 11.9 Å². The maximum Gasteiger partial charge on any atom is 0.254 e. The minimum Gasteiger partial charge on any atom is -0.369 e. The van der Waals surface area contributed by atoms with Crippen LogP contribution in [0.4, 0.5) is 0 Å². The van der Waals surface area contributed by atoms with Gasteiger partial charge in [0.15, 0.2) is 6.10 Å². The molecule has 4 atom stereocenters. The Labute approximate surface area is 129 Å². The summed E-state index contributed by atoms with van der Waals surface area (Å²) in [7, 11) is 1.56. The maximum atomic E-state index is 12.0. The summed E-state index contributed by atoms with van der Waals surface area (Å²) in [4.78, 5) is 13.8. The number of nitrogens with zero attached hydrogens (tertiary/aromatic N) is 1. The van der Waals surface area contributed by atoms with Crippen LogP contribution in [0.25, 0.3) is 0 Å². The summed E-state index contributed by atoms with van der Waals surface area (Å²) in [6.45, 7) is 1.03. The molecule has 1 amide bonds. The van der Waals surface area contributed by atoms with E-state index >= 15 is 0 Å². The second-order valence-electron chi connectivity index (χ2n) is 5.76. The lowest BCUT2D eigenvalue weighted by Crippen LogP contribution is -2.69. The molecule has 4 rings (SSSR count). The summed E-state index contributed by atoms with van der Waals surface area (Å²) in [5, 5.41) is 0. The number of fused-ring (bicyclic) bond motifs is 4. The average Bonchev–Trinajstić information content (AvgIpc) is 2.89. The zero-order chi connectivity index (χ0) is 15.2. The minimum absolute atomic E-state index is 0.0369. The first-order valence-electron chi connectivity index (χ1n) is 7.46. The SMILES string of the molecule is CO[C@H]1C(=O)N2CC[C@]3(C#Cc4ccccc4)OC[C@@H](O3)[C@@H]12. The van der Waals surface area contributed by atoms with Crippen LogP contribution in [-0.2, 0) is 19.0 Å². The topological polar surface area (TPSA) is 48.0 Å². The smallest absolute Gasteiger partial charge is 0.254 e. The predicted octanol–water partition coefficient (Wildman–Crippen LogP) is 0.779. The Morgan fingerprint density at radius 3 is 2.95 bits per heavy atom. The van der Waals surface area contributed by atoms with Gasteiger partial charge in [0.25, 0.3) is 5.91 Å². The van der Waals surface area contributed by atoms with Crippen molar-refractivity contribution in [1.29, 1.82) is 0 Å². The van der Waals surface area contributed by atoms with Gasteiger partial charge in [-0.25, -0.2) is 0 Å². The number of hydrogen-bond acceptors (Lipinski definition) is 4. The van der Waals surface area contributed by atoms with Crippen LogP contribution in [0.5, 0.6) is 0 Å². The number of β-lactam (4-membered cyclic amide) rings is 1. The molecule has 5 nitrogen and oxygen atoms in total. The van der Waals surface area contributed by atoms with Crippen LogP contribution >= 0.6 is 0 Å². The molecule has 0 aliphatic carbocycles. The number of methoxy groups -OCH3 is 1. The Hall–Kier alpha value is -1.87. The molecule has 0 unspecified atom stereocenters. The Morgan fingerprint density at radius 1 is 1.36 bits per heavy atom. The van der Waals surface area contributed by atoms with Gasteiger partial charge in [0.1, 0.15) is 6.10 Å². The quantitative estimate of drug-likeness (QED) is 0.568. The highest BCUT2D eigenvalue weighted by Gasteiger charge is 2.59. The van der Waals surface area contributed by atoms with E-state index in [-0.39, 0.29) is 18.1 Å². The molecule has 0 N–H and O–H groups in total. The summed E-state index contributed by atoms with van der Waals surface area (Å²) in [6, 6.07) is 9.69. The van der Waals surface area contributed by atoms with Gasteiger partial charge in [-0.3, -0.25) is 4.79 Å². The molecule has 0 saturated carbocycles. The molecule has 3 aliphatic rings. The molecule has 0 aromatic heterocycles. The van der Waals surface area contributed by atoms with E-state index in [9.17, 15) is 4.79 Å². The van der Waals surface area contributed by atoms with Crippen molar-refractivity contribution in [3.63, 3.8) is 0 Å². The number of amides is 1. The molecule has 1 aromatic rings. The van der Waals surface area contributed by atoms with Crippen molar-refractivity contribution in [3.05, 3.63) is 35.9 Å². The number of carbonyl (C=O) groups excluding carboxylic acids is 1. The van der Waals surface area contributed by atoms with Gasteiger partial charge in [0, 0.05) is 25.6 Å². The molecule has 3 fully saturated rings. The fourth-order valence-corrected chi connectivity index (χ4v) is 3.35. The highest BCUT2D eigenvalue weighted by atomic mass is 16.7. The van der Waals surface area contributed by atoms with Gasteiger partial charge in [0.2, 0.25) is 5.79 Å². The molecule has 3 saturated heterocycles. The minimum atomic E-state index is -0.906. The van der Waals surface area contributed by atoms with Gasteiger partial charge in [-0.15, -0.1) is 0 Å². The number of hydrogen-bond donors (Lipinski definition) is 0. The van der Waals surface area contributed by atoms with E-state index in [1.807, 2.05) is 35.2 Å². The number of rotatable bonds is 1. The highest BCUT2D eigenvalue weighted by molar-refractivity contribution is 5.88. The monoisotopic (exact) mass is 299 g/mol. The molecule has 0 spiro atoms. The summed E-state index contributed by atoms with van der Waals surface area (Å²) in [5.41, 5.74) is 0.922. The number of benzene rings is 1. The van der Waals surface area contributed by atoms with E-state index in [0.717, 1.165) is 5.56 Å². The van der Waals surface area contributed by atoms with E-state index in [1.165, 1.54) is 0 Å². The average molecular weight is 299 g/mol. The third-order valence-electron chi connectivity index (χ3n) is 4.51. The van der Waals surface area contributed by atoms with Crippen LogP contribution in [-0.4, -0.2) is 55.1 Å². The van der Waals surface area contributed by atoms with Gasteiger partial charge >= 0.3 is 0 Å². The van der Waals surface area contributed by atoms with Gasteiger partial charge < -0.3 is 19.1 Å². The molecule has 3 heterocycles. The Balaban J connectivity index is 1.58. The van der Waals surface area contributed by atoms with Crippen molar-refractivity contribution < 1.29 is 19.0 Å². The highest BCUT2D eigenvalue weighted by Crippen LogP contribution is 2.39. The van der Waals surface area contributed by atoms with Crippen LogP contribution < -0.4 is 0 Å². The maximum absolute atomic E-state index is 12.0. The Bertz CT molecular complexity index is 650. The van der Waals surface area contributed by atoms with Gasteiger partial charge in [-0.1, -0.05) is 24.1 Å². The van der Waals surface area contributed by atoms with E-state index in [0.29, 0.717) is 19.6 Å². The largest absolute Gasteiger partial charge is 0.369 e. The molecular formula is C17H17NO4. The fourth-order valence-electron chi connectivity index (χ4n) is 3.35. The molecular weight excluding hydrogens is 282 g/mol. The van der Waals surface area contributed by atoms with Crippen LogP contribution in [0, 0.1) is 11.8 Å². The molecule has 3 aliphatic heterocycles. The first-order chi connectivity index (χ1) is 10.7. The summed E-state index contributed by atoms with van der Waals surface area (Å²) >= 11 is 0. The summed E-state index contributed by atoms with van der Waals surface area (Å²) < 4.78 is 17.2. The van der Waals surface area contributed by atoms with Crippen molar-refractivity contribution in [2.75, 3.05) is 20.3 Å². The molecule has 2 bridgehead atoms. The predicted molar refractivity (Wildman–Crippen MR) is 77.8 cm³/mol. The van der Waals surface area contributed by atoms with Crippen molar-refractivity contribution >= 4 is 5.91 Å². The van der Waals surface area contributed by atoms with Crippen LogP contribution in [0.2, 0.25) is 0 Å². The summed E-state index contributed by atoms with van der Waals surface area (Å²) in [6.07, 6.45) is -0.0260. The lowest BCUT2D eigenvalue weighted by Gasteiger charge is -2.47. The van der Waals surface area contributed by atoms with Crippen LogP contribution in [0.15, 0.2) is 30.3 Å². The Kier molecular flexibility index (Phi) is 3.19. The van der Waals surface area contributed by atoms with Crippen molar-refractivity contribution in [2.24, 2.45) is 0 Å². The Morgan fingerprint density at radius 2 is 2.18 bits per heavy atom. The molecule has 1 aromatic carbocycles. The van der Waals surface area contributed by atoms with Crippen LogP contribution in [0.3, 0.4) is 0 Å². The number of ether oxygens (including phenoxy) is 3. The molecule has 114 valence electrons. The first kappa shape index (κ1) is 13.8. The molecule has 0 radical (unpaired) electrons. The van der Waals surface area contributed by atoms with Gasteiger partial charge in [-0.05, 0) is 18.1 Å². The number of carbonyl (C=O) groups is 1. The van der Waals surface area contributed by atoms with Gasteiger partial charge in [-0.2, -0.15) is 0 Å². The second-order valence-corrected chi connectivity index (χ2v) is 5.76. The summed E-state index contributed by atoms with van der Waals surface area (Å²) in [5.74, 6) is 5.37. The fraction of sp³-hybridized carbons (Fsp3) is 0.471.